The van der Waals surface area contributed by atoms with Crippen LogP contribution in [0.3, 0.4) is 0 Å². The Morgan fingerprint density at radius 2 is 1.20 bits per heavy atom. The van der Waals surface area contributed by atoms with E-state index in [0.717, 1.165) is 0 Å². The molecule has 5 heteroatoms. The van der Waals surface area contributed by atoms with Crippen LogP contribution in [0.2, 0.25) is 0 Å². The Kier molecular flexibility index (Phi) is 49.4. The summed E-state index contributed by atoms with van der Waals surface area (Å²) in [5.41, 5.74) is 0. The van der Waals surface area contributed by atoms with Gasteiger partial charge in [0.25, 0.3) is 0 Å². The standard InChI is InChI=1S/Bi.I2O.Zn.3H/c;1-3-2;;;;. The summed E-state index contributed by atoms with van der Waals surface area (Å²) in [5, 5.41) is 0. The SMILES string of the molecule is IOI.[BiH3].[Zn]. The van der Waals surface area contributed by atoms with Crippen molar-refractivity contribution in [2.24, 2.45) is 0 Å². The van der Waals surface area contributed by atoms with Gasteiger partial charge in [-0.25, -0.2) is 1.40 Å². The Balaban J connectivity index is -0.0000000200. The zero-order valence-corrected chi connectivity index (χ0v) is 15.4. The molecule has 0 aliphatic rings. The summed E-state index contributed by atoms with van der Waals surface area (Å²) in [5.74, 6) is 0. The molecule has 0 saturated carbocycles. The summed E-state index contributed by atoms with van der Waals surface area (Å²) < 4.78 is 4.19. The molecule has 0 N–H and O–H groups in total. The first-order valence-corrected chi connectivity index (χ1v) is 2.07. The van der Waals surface area contributed by atoms with Crippen molar-refractivity contribution in [1.82, 2.24) is 0 Å². The average Bonchev–Trinajstić information content (AvgIpc) is 0.918. The minimum absolute atomic E-state index is 0. The summed E-state index contributed by atoms with van der Waals surface area (Å²) in [6.45, 7) is 0. The van der Waals surface area contributed by atoms with E-state index < -0.39 is 0 Å². The fraction of sp³-hybridized carbons (Fsp3) is 0. The smallest absolute Gasteiger partial charge is 0 e. The fourth-order valence-electron chi connectivity index (χ4n) is 0. The van der Waals surface area contributed by atoms with Gasteiger partial charge in [-0.1, -0.05) is 0 Å². The van der Waals surface area contributed by atoms with Crippen molar-refractivity contribution in [3.63, 3.8) is 0 Å². The molecule has 0 spiro atoms. The molecule has 0 aromatic rings. The van der Waals surface area contributed by atoms with Crippen molar-refractivity contribution < 1.29 is 20.9 Å². The maximum atomic E-state index is 4.19. The van der Waals surface area contributed by atoms with Crippen molar-refractivity contribution in [2.75, 3.05) is 0 Å². The number of rotatable bonds is 0. The van der Waals surface area contributed by atoms with Crippen LogP contribution in [0.25, 0.3) is 0 Å². The Labute approximate surface area is 91.2 Å². The van der Waals surface area contributed by atoms with E-state index in [1.54, 1.807) is 46.0 Å². The van der Waals surface area contributed by atoms with Crippen LogP contribution >= 0.6 is 46.0 Å². The normalized spacial score (nSPS) is 3.60. The zero-order chi connectivity index (χ0) is 2.71. The molecule has 0 aliphatic heterocycles. The van der Waals surface area contributed by atoms with Gasteiger partial charge >= 0.3 is 26.2 Å². The van der Waals surface area contributed by atoms with Gasteiger partial charge in [-0.3, -0.25) is 0 Å². The molecule has 0 aromatic heterocycles. The van der Waals surface area contributed by atoms with Crippen LogP contribution in [0.1, 0.15) is 0 Å². The van der Waals surface area contributed by atoms with Crippen molar-refractivity contribution in [3.8, 4) is 0 Å². The number of hydrogen-bond donors (Lipinski definition) is 0. The van der Waals surface area contributed by atoms with E-state index in [9.17, 15) is 0 Å². The second-order valence-electron chi connectivity index (χ2n) is 0.0583. The van der Waals surface area contributed by atoms with Crippen LogP contribution in [0.5, 0.6) is 0 Å². The second kappa shape index (κ2) is 15.8. The van der Waals surface area contributed by atoms with Crippen molar-refractivity contribution in [2.45, 2.75) is 0 Å². The quantitative estimate of drug-likeness (QED) is 0.318. The Hall–Kier alpha value is 2.93. The molecule has 0 amide bonds. The Bertz CT molecular complexity index is 9.61. The molecule has 0 aliphatic carbocycles. The van der Waals surface area contributed by atoms with Crippen molar-refractivity contribution in [1.29, 1.82) is 0 Å². The molecule has 0 heterocycles. The number of hydrogen-bond acceptors (Lipinski definition) is 1. The van der Waals surface area contributed by atoms with Gasteiger partial charge in [-0.2, -0.15) is 0 Å². The molecule has 5 heavy (non-hydrogen) atoms. The van der Waals surface area contributed by atoms with Crippen LogP contribution in [0.15, 0.2) is 0 Å². The average molecular weight is 547 g/mol. The monoisotopic (exact) mass is 546 g/mol. The summed E-state index contributed by atoms with van der Waals surface area (Å²) in [7, 11) is 0. The fourth-order valence-corrected chi connectivity index (χ4v) is 0. The third-order valence-electron chi connectivity index (χ3n) is 0. The predicted molar refractivity (Wildman–Crippen MR) is 39.1 cm³/mol. The minimum Gasteiger partial charge on any atom is 0 e. The molecule has 0 atom stereocenters. The Morgan fingerprint density at radius 3 is 1.20 bits per heavy atom. The second-order valence-corrected chi connectivity index (χ2v) is 2.62. The van der Waals surface area contributed by atoms with E-state index in [1.807, 2.05) is 0 Å². The first-order chi connectivity index (χ1) is 1.41. The van der Waals surface area contributed by atoms with Crippen LogP contribution in [0, 0.1) is 0 Å². The largest absolute Gasteiger partial charge is 0 e. The van der Waals surface area contributed by atoms with Gasteiger partial charge < -0.3 is 0 Å². The maximum absolute atomic E-state index is 4.19. The van der Waals surface area contributed by atoms with Crippen LogP contribution in [-0.2, 0) is 20.9 Å². The molecular weight excluding hydrogens is 544 g/mol. The molecule has 30 valence electrons. The predicted octanol–water partition coefficient (Wildman–Crippen LogP) is 0.517. The van der Waals surface area contributed by atoms with Crippen molar-refractivity contribution >= 4 is 72.2 Å². The maximum Gasteiger partial charge on any atom is 0 e. The van der Waals surface area contributed by atoms with Gasteiger partial charge in [0, 0.05) is 19.5 Å². The minimum atomic E-state index is 0. The van der Waals surface area contributed by atoms with E-state index >= 15 is 0 Å². The van der Waals surface area contributed by atoms with Crippen molar-refractivity contribution in [3.05, 3.63) is 0 Å². The summed E-state index contributed by atoms with van der Waals surface area (Å²) >= 11 is 3.55. The summed E-state index contributed by atoms with van der Waals surface area (Å²) in [6.07, 6.45) is 0. The molecule has 0 aromatic carbocycles. The molecule has 0 bridgehead atoms. The van der Waals surface area contributed by atoms with E-state index in [2.05, 4.69) is 1.40 Å². The number of halogens is 2. The Morgan fingerprint density at radius 1 is 1.20 bits per heavy atom. The van der Waals surface area contributed by atoms with Gasteiger partial charge in [-0.05, 0) is 0 Å². The van der Waals surface area contributed by atoms with Gasteiger partial charge in [-0.15, -0.1) is 0 Å². The first kappa shape index (κ1) is 15.7. The molecular formula is H3BiI2OZn. The third-order valence-corrected chi connectivity index (χ3v) is 0. The van der Waals surface area contributed by atoms with Crippen LogP contribution in [-0.4, -0.2) is 26.2 Å². The molecule has 0 saturated heterocycles. The molecule has 0 fully saturated rings. The van der Waals surface area contributed by atoms with Crippen LogP contribution < -0.4 is 0 Å². The van der Waals surface area contributed by atoms with Gasteiger partial charge in [0.2, 0.25) is 0 Å². The van der Waals surface area contributed by atoms with Gasteiger partial charge in [0.05, 0.1) is 0 Å². The van der Waals surface area contributed by atoms with Gasteiger partial charge in [0.1, 0.15) is 46.0 Å². The topological polar surface area (TPSA) is 9.23 Å². The molecule has 1 nitrogen and oxygen atoms in total. The summed E-state index contributed by atoms with van der Waals surface area (Å²) in [6, 6.07) is 0. The van der Waals surface area contributed by atoms with E-state index in [0.29, 0.717) is 0 Å². The van der Waals surface area contributed by atoms with E-state index in [4.69, 9.17) is 0 Å². The van der Waals surface area contributed by atoms with Gasteiger partial charge in [0.15, 0.2) is 0 Å². The first-order valence-electron chi connectivity index (χ1n) is 0.309. The summed E-state index contributed by atoms with van der Waals surface area (Å²) in [4.78, 5) is 0. The van der Waals surface area contributed by atoms with E-state index in [1.165, 1.54) is 0 Å². The third kappa shape index (κ3) is 19.6. The zero-order valence-electron chi connectivity index (χ0n) is 2.58. The van der Waals surface area contributed by atoms with Crippen LogP contribution in [0.4, 0.5) is 0 Å². The molecule has 0 rings (SSSR count). The molecule has 0 unspecified atom stereocenters. The molecule has 0 radical (unpaired) electrons. The van der Waals surface area contributed by atoms with E-state index in [-0.39, 0.29) is 45.7 Å².